The van der Waals surface area contributed by atoms with E-state index in [0.29, 0.717) is 38.2 Å². The molecule has 0 aliphatic carbocycles. The molecule has 0 saturated heterocycles. The van der Waals surface area contributed by atoms with Crippen molar-refractivity contribution in [3.63, 3.8) is 0 Å². The van der Waals surface area contributed by atoms with Crippen LogP contribution in [0.15, 0.2) is 66.2 Å². The summed E-state index contributed by atoms with van der Waals surface area (Å²) in [6.45, 7) is 5.62. The van der Waals surface area contributed by atoms with Crippen molar-refractivity contribution in [2.45, 2.75) is 51.2 Å². The van der Waals surface area contributed by atoms with Crippen LogP contribution in [0.5, 0.6) is 5.75 Å². The van der Waals surface area contributed by atoms with Gasteiger partial charge in [-0.05, 0) is 73.6 Å². The average Bonchev–Trinajstić information content (AvgIpc) is 3.40. The number of amides is 1. The predicted molar refractivity (Wildman–Crippen MR) is 153 cm³/mol. The SMILES string of the molecule is Cc1cccc(OCCCC(=O)N2CCCc3c(-c4cnn(Cc5ccnc(S(C)(=O)=O)n5)c4)cccc32)c1C. The van der Waals surface area contributed by atoms with Crippen LogP contribution < -0.4 is 9.64 Å². The van der Waals surface area contributed by atoms with Crippen molar-refractivity contribution in [2.75, 3.05) is 24.3 Å². The summed E-state index contributed by atoms with van der Waals surface area (Å²) in [5, 5.41) is 4.28. The maximum absolute atomic E-state index is 13.2. The number of hydrogen-bond donors (Lipinski definition) is 0. The number of hydrogen-bond acceptors (Lipinski definition) is 7. The second-order valence-electron chi connectivity index (χ2n) is 10.1. The fourth-order valence-electron chi connectivity index (χ4n) is 4.97. The quantitative estimate of drug-likeness (QED) is 0.219. The monoisotopic (exact) mass is 559 g/mol. The lowest BCUT2D eigenvalue weighted by Gasteiger charge is -2.31. The molecule has 9 nitrogen and oxygen atoms in total. The van der Waals surface area contributed by atoms with Gasteiger partial charge in [-0.15, -0.1) is 0 Å². The van der Waals surface area contributed by atoms with Crippen LogP contribution in [0, 0.1) is 13.8 Å². The minimum Gasteiger partial charge on any atom is -0.493 e. The molecule has 0 fully saturated rings. The van der Waals surface area contributed by atoms with Gasteiger partial charge in [0, 0.05) is 42.9 Å². The van der Waals surface area contributed by atoms with E-state index in [1.165, 1.54) is 11.8 Å². The molecule has 208 valence electrons. The van der Waals surface area contributed by atoms with E-state index in [1.54, 1.807) is 16.9 Å². The highest BCUT2D eigenvalue weighted by Gasteiger charge is 2.25. The van der Waals surface area contributed by atoms with Gasteiger partial charge in [0.15, 0.2) is 0 Å². The lowest BCUT2D eigenvalue weighted by atomic mass is 9.93. The van der Waals surface area contributed by atoms with Crippen molar-refractivity contribution >= 4 is 21.4 Å². The summed E-state index contributed by atoms with van der Waals surface area (Å²) >= 11 is 0. The number of carbonyl (C=O) groups is 1. The highest BCUT2D eigenvalue weighted by Crippen LogP contribution is 2.36. The molecule has 0 spiro atoms. The Morgan fingerprint density at radius 2 is 1.93 bits per heavy atom. The van der Waals surface area contributed by atoms with Crippen LogP contribution in [0.25, 0.3) is 11.1 Å². The largest absolute Gasteiger partial charge is 0.493 e. The molecule has 0 radical (unpaired) electrons. The molecule has 1 aliphatic heterocycles. The van der Waals surface area contributed by atoms with Gasteiger partial charge in [-0.25, -0.2) is 18.4 Å². The molecular formula is C30H33N5O4S. The second-order valence-corrected chi connectivity index (χ2v) is 12.0. The summed E-state index contributed by atoms with van der Waals surface area (Å²) in [6, 6.07) is 13.7. The summed E-state index contributed by atoms with van der Waals surface area (Å²) in [7, 11) is -3.49. The third-order valence-corrected chi connectivity index (χ3v) is 8.05. The van der Waals surface area contributed by atoms with Crippen LogP contribution in [-0.4, -0.2) is 53.5 Å². The smallest absolute Gasteiger partial charge is 0.247 e. The van der Waals surface area contributed by atoms with Gasteiger partial charge in [0.25, 0.3) is 0 Å². The van der Waals surface area contributed by atoms with Crippen molar-refractivity contribution in [2.24, 2.45) is 0 Å². The van der Waals surface area contributed by atoms with Gasteiger partial charge in [0.2, 0.25) is 20.9 Å². The fraction of sp³-hybridized carbons (Fsp3) is 0.333. The zero-order valence-electron chi connectivity index (χ0n) is 23.0. The molecule has 40 heavy (non-hydrogen) atoms. The summed E-state index contributed by atoms with van der Waals surface area (Å²) < 4.78 is 31.3. The number of sulfone groups is 1. The lowest BCUT2D eigenvalue weighted by Crippen LogP contribution is -2.35. The van der Waals surface area contributed by atoms with Crippen LogP contribution >= 0.6 is 0 Å². The Bertz CT molecular complexity index is 1650. The Labute approximate surface area is 234 Å². The Morgan fingerprint density at radius 1 is 1.10 bits per heavy atom. The van der Waals surface area contributed by atoms with E-state index in [4.69, 9.17) is 4.74 Å². The van der Waals surface area contributed by atoms with Gasteiger partial charge in [0.05, 0.1) is 25.0 Å². The van der Waals surface area contributed by atoms with E-state index in [2.05, 4.69) is 34.1 Å². The maximum atomic E-state index is 13.2. The first-order valence-corrected chi connectivity index (χ1v) is 15.3. The minimum atomic E-state index is -3.49. The number of nitrogens with zero attached hydrogens (tertiary/aromatic N) is 5. The third-order valence-electron chi connectivity index (χ3n) is 7.19. The molecule has 0 unspecified atom stereocenters. The molecule has 2 aromatic heterocycles. The molecule has 2 aromatic carbocycles. The van der Waals surface area contributed by atoms with E-state index < -0.39 is 9.84 Å². The molecule has 0 atom stereocenters. The Hall–Kier alpha value is -4.05. The number of anilines is 1. The van der Waals surface area contributed by atoms with Crippen LogP contribution in [-0.2, 0) is 27.6 Å². The molecule has 10 heteroatoms. The predicted octanol–water partition coefficient (Wildman–Crippen LogP) is 4.55. The van der Waals surface area contributed by atoms with Crippen molar-refractivity contribution in [3.8, 4) is 16.9 Å². The Balaban J connectivity index is 1.27. The van der Waals surface area contributed by atoms with Crippen molar-refractivity contribution < 1.29 is 17.9 Å². The molecule has 4 aromatic rings. The first-order chi connectivity index (χ1) is 19.2. The van der Waals surface area contributed by atoms with Crippen molar-refractivity contribution in [1.29, 1.82) is 0 Å². The minimum absolute atomic E-state index is 0.101. The highest BCUT2D eigenvalue weighted by atomic mass is 32.2. The molecule has 3 heterocycles. The summed E-state index contributed by atoms with van der Waals surface area (Å²) in [5.41, 5.74) is 6.93. The molecule has 0 N–H and O–H groups in total. The molecule has 5 rings (SSSR count). The Kier molecular flexibility index (Phi) is 7.97. The molecule has 1 amide bonds. The van der Waals surface area contributed by atoms with Gasteiger partial charge < -0.3 is 9.64 Å². The second kappa shape index (κ2) is 11.6. The number of ether oxygens (including phenoxy) is 1. The van der Waals surface area contributed by atoms with Crippen LogP contribution in [0.3, 0.4) is 0 Å². The topological polar surface area (TPSA) is 107 Å². The van der Waals surface area contributed by atoms with Crippen molar-refractivity contribution in [1.82, 2.24) is 19.7 Å². The number of aromatic nitrogens is 4. The zero-order valence-corrected chi connectivity index (χ0v) is 23.8. The molecule has 0 saturated carbocycles. The van der Waals surface area contributed by atoms with E-state index >= 15 is 0 Å². The Morgan fingerprint density at radius 3 is 2.75 bits per heavy atom. The fourth-order valence-corrected chi connectivity index (χ4v) is 5.51. The van der Waals surface area contributed by atoms with Crippen LogP contribution in [0.1, 0.15) is 41.6 Å². The van der Waals surface area contributed by atoms with Gasteiger partial charge in [-0.3, -0.25) is 9.48 Å². The van der Waals surface area contributed by atoms with E-state index in [9.17, 15) is 13.2 Å². The van der Waals surface area contributed by atoms with Gasteiger partial charge in [0.1, 0.15) is 5.75 Å². The van der Waals surface area contributed by atoms with E-state index in [0.717, 1.165) is 52.8 Å². The number of carbonyl (C=O) groups excluding carboxylic acids is 1. The highest BCUT2D eigenvalue weighted by molar-refractivity contribution is 7.90. The summed E-state index contributed by atoms with van der Waals surface area (Å²) in [5.74, 6) is 0.973. The van der Waals surface area contributed by atoms with E-state index in [-0.39, 0.29) is 11.1 Å². The van der Waals surface area contributed by atoms with Crippen molar-refractivity contribution in [3.05, 3.63) is 83.4 Å². The summed E-state index contributed by atoms with van der Waals surface area (Å²) in [6.07, 6.45) is 9.07. The maximum Gasteiger partial charge on any atom is 0.247 e. The van der Waals surface area contributed by atoms with Crippen LogP contribution in [0.4, 0.5) is 5.69 Å². The molecule has 0 bridgehead atoms. The normalized spacial score (nSPS) is 13.2. The average molecular weight is 560 g/mol. The zero-order chi connectivity index (χ0) is 28.3. The lowest BCUT2D eigenvalue weighted by molar-refractivity contribution is -0.118. The van der Waals surface area contributed by atoms with Gasteiger partial charge >= 0.3 is 0 Å². The summed E-state index contributed by atoms with van der Waals surface area (Å²) in [4.78, 5) is 23.2. The molecule has 1 aliphatic rings. The van der Waals surface area contributed by atoms with E-state index in [1.807, 2.05) is 42.3 Å². The standard InChI is InChI=1S/C30H33N5O4S/c1-21-8-4-12-28(22(21)2)39-17-7-13-29(36)35-16-6-10-26-25(9-5-11-27(26)35)23-18-32-34(19-23)20-24-14-15-31-30(33-24)40(3,37)38/h4-5,8-9,11-12,14-15,18-19H,6-7,10,13,16-17,20H2,1-3H3. The van der Waals surface area contributed by atoms with Gasteiger partial charge in [-0.2, -0.15) is 5.10 Å². The van der Waals surface area contributed by atoms with Crippen LogP contribution in [0.2, 0.25) is 0 Å². The van der Waals surface area contributed by atoms with Gasteiger partial charge in [-0.1, -0.05) is 24.3 Å². The third kappa shape index (κ3) is 6.07. The first-order valence-electron chi connectivity index (χ1n) is 13.4. The number of aryl methyl sites for hydroxylation is 1. The number of rotatable bonds is 9. The number of benzene rings is 2. The molecular weight excluding hydrogens is 526 g/mol. The number of fused-ring (bicyclic) bond motifs is 1. The first kappa shape index (κ1) is 27.5.